The number of carboxylic acid groups (broad SMARTS) is 1. The molecule has 1 rings (SSSR count). The van der Waals surface area contributed by atoms with Crippen molar-refractivity contribution < 1.29 is 14.7 Å². The molecule has 0 aliphatic heterocycles. The van der Waals surface area contributed by atoms with E-state index in [1.165, 1.54) is 11.1 Å². The summed E-state index contributed by atoms with van der Waals surface area (Å²) in [5, 5.41) is 8.83. The van der Waals surface area contributed by atoms with E-state index in [2.05, 4.69) is 20.9 Å². The van der Waals surface area contributed by atoms with Crippen molar-refractivity contribution in [1.29, 1.82) is 0 Å². The normalized spacial score (nSPS) is 10.4. The molecule has 0 saturated heterocycles. The fourth-order valence-electron chi connectivity index (χ4n) is 1.54. The van der Waals surface area contributed by atoms with Crippen molar-refractivity contribution in [3.8, 4) is 0 Å². The highest BCUT2D eigenvalue weighted by molar-refractivity contribution is 9.10. The second-order valence-corrected chi connectivity index (χ2v) is 5.15. The van der Waals surface area contributed by atoms with Gasteiger partial charge < -0.3 is 10.0 Å². The van der Waals surface area contributed by atoms with Crippen LogP contribution in [0.5, 0.6) is 0 Å². The minimum atomic E-state index is -1.02. The van der Waals surface area contributed by atoms with Crippen molar-refractivity contribution in [3.63, 3.8) is 0 Å². The summed E-state index contributed by atoms with van der Waals surface area (Å²) in [7, 11) is 0. The molecule has 1 N–H and O–H groups in total. The Morgan fingerprint density at radius 1 is 1.50 bits per heavy atom. The standard InChI is InChI=1S/C12H15BrN2O3/c1-8(2)6-15(7-11(16)17)12(18)9-3-4-14-10(13)5-9/h3-5,8H,6-7H2,1-2H3,(H,16,17). The number of carbonyl (C=O) groups excluding carboxylic acids is 1. The third kappa shape index (κ3) is 4.44. The van der Waals surface area contributed by atoms with Crippen molar-refractivity contribution in [1.82, 2.24) is 9.88 Å². The summed E-state index contributed by atoms with van der Waals surface area (Å²) < 4.78 is 0.549. The molecule has 0 radical (unpaired) electrons. The Morgan fingerprint density at radius 2 is 2.17 bits per heavy atom. The van der Waals surface area contributed by atoms with Gasteiger partial charge in [-0.1, -0.05) is 13.8 Å². The maximum Gasteiger partial charge on any atom is 0.323 e. The lowest BCUT2D eigenvalue weighted by Crippen LogP contribution is -2.38. The van der Waals surface area contributed by atoms with Gasteiger partial charge in [0, 0.05) is 18.3 Å². The molecule has 0 saturated carbocycles. The number of nitrogens with zero attached hydrogens (tertiary/aromatic N) is 2. The molecule has 0 bridgehead atoms. The molecule has 0 unspecified atom stereocenters. The van der Waals surface area contributed by atoms with Crippen LogP contribution in [0.25, 0.3) is 0 Å². The van der Waals surface area contributed by atoms with E-state index in [0.717, 1.165) is 0 Å². The van der Waals surface area contributed by atoms with Gasteiger partial charge in [0.2, 0.25) is 0 Å². The Morgan fingerprint density at radius 3 is 2.67 bits per heavy atom. The van der Waals surface area contributed by atoms with Gasteiger partial charge in [-0.15, -0.1) is 0 Å². The molecule has 98 valence electrons. The zero-order valence-electron chi connectivity index (χ0n) is 10.3. The topological polar surface area (TPSA) is 70.5 Å². The summed E-state index contributed by atoms with van der Waals surface area (Å²) in [6, 6.07) is 3.15. The van der Waals surface area contributed by atoms with Crippen molar-refractivity contribution in [2.24, 2.45) is 5.92 Å². The SMILES string of the molecule is CC(C)CN(CC(=O)O)C(=O)c1ccnc(Br)c1. The van der Waals surface area contributed by atoms with E-state index in [-0.39, 0.29) is 18.4 Å². The van der Waals surface area contributed by atoms with Crippen LogP contribution >= 0.6 is 15.9 Å². The minimum Gasteiger partial charge on any atom is -0.480 e. The van der Waals surface area contributed by atoms with Gasteiger partial charge in [-0.3, -0.25) is 9.59 Å². The minimum absolute atomic E-state index is 0.207. The van der Waals surface area contributed by atoms with E-state index in [0.29, 0.717) is 16.7 Å². The Hall–Kier alpha value is -1.43. The summed E-state index contributed by atoms with van der Waals surface area (Å²) in [4.78, 5) is 28.2. The molecule has 1 amide bonds. The van der Waals surface area contributed by atoms with Crippen LogP contribution in [-0.4, -0.2) is 40.0 Å². The van der Waals surface area contributed by atoms with E-state index in [9.17, 15) is 9.59 Å². The second-order valence-electron chi connectivity index (χ2n) is 4.34. The van der Waals surface area contributed by atoms with Gasteiger partial charge in [-0.05, 0) is 34.0 Å². The van der Waals surface area contributed by atoms with Crippen LogP contribution in [0.3, 0.4) is 0 Å². The lowest BCUT2D eigenvalue weighted by molar-refractivity contribution is -0.137. The fraction of sp³-hybridized carbons (Fsp3) is 0.417. The molecule has 0 atom stereocenters. The molecule has 0 aliphatic rings. The highest BCUT2D eigenvalue weighted by Gasteiger charge is 2.19. The van der Waals surface area contributed by atoms with Crippen LogP contribution in [0.4, 0.5) is 0 Å². The number of hydrogen-bond donors (Lipinski definition) is 1. The van der Waals surface area contributed by atoms with Crippen molar-refractivity contribution in [2.45, 2.75) is 13.8 Å². The first kappa shape index (κ1) is 14.6. The zero-order chi connectivity index (χ0) is 13.7. The molecule has 1 aromatic rings. The van der Waals surface area contributed by atoms with Gasteiger partial charge in [0.15, 0.2) is 0 Å². The first-order valence-corrected chi connectivity index (χ1v) is 6.32. The lowest BCUT2D eigenvalue weighted by Gasteiger charge is -2.22. The van der Waals surface area contributed by atoms with E-state index in [1.54, 1.807) is 12.1 Å². The monoisotopic (exact) mass is 314 g/mol. The lowest BCUT2D eigenvalue weighted by atomic mass is 10.1. The molecule has 0 aromatic carbocycles. The van der Waals surface area contributed by atoms with E-state index >= 15 is 0 Å². The van der Waals surface area contributed by atoms with Crippen LogP contribution in [0.2, 0.25) is 0 Å². The van der Waals surface area contributed by atoms with Gasteiger partial charge in [0.25, 0.3) is 5.91 Å². The van der Waals surface area contributed by atoms with Crippen LogP contribution in [-0.2, 0) is 4.79 Å². The predicted molar refractivity (Wildman–Crippen MR) is 70.3 cm³/mol. The summed E-state index contributed by atoms with van der Waals surface area (Å²) >= 11 is 3.18. The summed E-state index contributed by atoms with van der Waals surface area (Å²) in [6.45, 7) is 3.98. The number of halogens is 1. The molecule has 0 fully saturated rings. The maximum absolute atomic E-state index is 12.2. The van der Waals surface area contributed by atoms with Gasteiger partial charge in [-0.2, -0.15) is 0 Å². The number of carbonyl (C=O) groups is 2. The number of rotatable bonds is 5. The highest BCUT2D eigenvalue weighted by Crippen LogP contribution is 2.12. The zero-order valence-corrected chi connectivity index (χ0v) is 11.8. The Bertz CT molecular complexity index is 449. The van der Waals surface area contributed by atoms with Crippen molar-refractivity contribution >= 4 is 27.8 Å². The first-order valence-electron chi connectivity index (χ1n) is 5.52. The Kier molecular flexibility index (Phi) is 5.27. The van der Waals surface area contributed by atoms with Crippen LogP contribution in [0.1, 0.15) is 24.2 Å². The van der Waals surface area contributed by atoms with Gasteiger partial charge in [-0.25, -0.2) is 4.98 Å². The summed E-state index contributed by atoms with van der Waals surface area (Å²) in [5.41, 5.74) is 0.429. The number of aliphatic carboxylic acids is 1. The molecule has 5 nitrogen and oxygen atoms in total. The number of aromatic nitrogens is 1. The van der Waals surface area contributed by atoms with Crippen LogP contribution in [0.15, 0.2) is 22.9 Å². The molecule has 0 aliphatic carbocycles. The molecule has 1 aromatic heterocycles. The van der Waals surface area contributed by atoms with Gasteiger partial charge >= 0.3 is 5.97 Å². The Balaban J connectivity index is 2.90. The molecular formula is C12H15BrN2O3. The van der Waals surface area contributed by atoms with E-state index < -0.39 is 5.97 Å². The smallest absolute Gasteiger partial charge is 0.323 e. The molecular weight excluding hydrogens is 300 g/mol. The highest BCUT2D eigenvalue weighted by atomic mass is 79.9. The predicted octanol–water partition coefficient (Wildman–Crippen LogP) is 2.03. The fourth-order valence-corrected chi connectivity index (χ4v) is 1.91. The average Bonchev–Trinajstić information content (AvgIpc) is 2.26. The first-order chi connectivity index (χ1) is 8.40. The van der Waals surface area contributed by atoms with Gasteiger partial charge in [0.05, 0.1) is 0 Å². The largest absolute Gasteiger partial charge is 0.480 e. The van der Waals surface area contributed by atoms with Crippen molar-refractivity contribution in [2.75, 3.05) is 13.1 Å². The maximum atomic E-state index is 12.2. The van der Waals surface area contributed by atoms with Crippen LogP contribution < -0.4 is 0 Å². The third-order valence-corrected chi connectivity index (χ3v) is 2.61. The van der Waals surface area contributed by atoms with E-state index in [1.807, 2.05) is 13.8 Å². The summed E-state index contributed by atoms with van der Waals surface area (Å²) in [5.74, 6) is -1.11. The average molecular weight is 315 g/mol. The summed E-state index contributed by atoms with van der Waals surface area (Å²) in [6.07, 6.45) is 1.51. The molecule has 18 heavy (non-hydrogen) atoms. The number of pyridine rings is 1. The number of hydrogen-bond acceptors (Lipinski definition) is 3. The second kappa shape index (κ2) is 6.49. The third-order valence-electron chi connectivity index (χ3n) is 2.17. The van der Waals surface area contributed by atoms with Gasteiger partial charge in [0.1, 0.15) is 11.1 Å². The van der Waals surface area contributed by atoms with Crippen molar-refractivity contribution in [3.05, 3.63) is 28.5 Å². The quantitative estimate of drug-likeness (QED) is 0.844. The van der Waals surface area contributed by atoms with E-state index in [4.69, 9.17) is 5.11 Å². The molecule has 6 heteroatoms. The van der Waals surface area contributed by atoms with Crippen LogP contribution in [0, 0.1) is 5.92 Å². The number of carboxylic acids is 1. The Labute approximate surface area is 114 Å². The molecule has 0 spiro atoms. The molecule has 1 heterocycles. The number of amides is 1.